The van der Waals surface area contributed by atoms with Crippen molar-refractivity contribution in [1.82, 2.24) is 0 Å². The molecule has 1 amide bonds. The van der Waals surface area contributed by atoms with Gasteiger partial charge in [-0.05, 0) is 12.1 Å². The number of halogens is 3. The average Bonchev–Trinajstić information content (AvgIpc) is 2.09. The average molecular weight is 281 g/mol. The Hall–Kier alpha value is -0.910. The number of rotatable bonds is 3. The van der Waals surface area contributed by atoms with Gasteiger partial charge in [0.1, 0.15) is 5.82 Å². The minimum absolute atomic E-state index is 0.0151. The molecular weight excluding hydrogens is 274 g/mol. The largest absolute Gasteiger partial charge is 0.393 e. The van der Waals surface area contributed by atoms with Crippen LogP contribution in [0.25, 0.3) is 0 Å². The number of benzene rings is 1. The smallest absolute Gasteiger partial charge is 0.231 e. The summed E-state index contributed by atoms with van der Waals surface area (Å²) < 4.78 is 12.8. The highest BCUT2D eigenvalue weighted by Gasteiger charge is 2.12. The third kappa shape index (κ3) is 3.59. The van der Waals surface area contributed by atoms with Crippen molar-refractivity contribution in [2.75, 3.05) is 5.32 Å². The van der Waals surface area contributed by atoms with E-state index in [1.807, 2.05) is 0 Å². The molecule has 0 saturated carbocycles. The molecule has 0 heterocycles. The van der Waals surface area contributed by atoms with Gasteiger partial charge in [-0.1, -0.05) is 35.4 Å². The van der Waals surface area contributed by atoms with E-state index in [2.05, 4.69) is 17.5 Å². The summed E-state index contributed by atoms with van der Waals surface area (Å²) in [6.07, 6.45) is -0.126. The second-order valence-corrected chi connectivity index (χ2v) is 4.27. The van der Waals surface area contributed by atoms with Crippen LogP contribution in [0.15, 0.2) is 12.1 Å². The quantitative estimate of drug-likeness (QED) is 0.838. The third-order valence-electron chi connectivity index (χ3n) is 1.61. The molecule has 0 radical (unpaired) electrons. The van der Waals surface area contributed by atoms with Crippen molar-refractivity contribution < 1.29 is 9.18 Å². The highest BCUT2D eigenvalue weighted by Crippen LogP contribution is 2.31. The lowest BCUT2D eigenvalue weighted by atomic mass is 10.3. The summed E-state index contributed by atoms with van der Waals surface area (Å²) >= 11 is 16.0. The summed E-state index contributed by atoms with van der Waals surface area (Å²) in [7, 11) is 0. The van der Waals surface area contributed by atoms with Gasteiger partial charge >= 0.3 is 0 Å². The Kier molecular flexibility index (Phi) is 4.46. The van der Waals surface area contributed by atoms with Crippen molar-refractivity contribution in [1.29, 1.82) is 0 Å². The zero-order chi connectivity index (χ0) is 12.3. The number of carbonyl (C=O) groups is 1. The molecule has 0 unspecified atom stereocenters. The van der Waals surface area contributed by atoms with Gasteiger partial charge in [0.15, 0.2) is 0 Å². The molecule has 0 aliphatic rings. The van der Waals surface area contributed by atoms with Gasteiger partial charge in [0.25, 0.3) is 0 Å². The molecule has 16 heavy (non-hydrogen) atoms. The van der Waals surface area contributed by atoms with E-state index in [1.54, 1.807) is 0 Å². The first-order valence-corrected chi connectivity index (χ1v) is 5.29. The minimum Gasteiger partial charge on any atom is -0.393 e. The number of hydrogen-bond donors (Lipinski definition) is 2. The Bertz CT molecular complexity index is 430. The summed E-state index contributed by atoms with van der Waals surface area (Å²) in [5.74, 6) is -1.04. The molecule has 0 fully saturated rings. The SMILES string of the molecule is NC(=S)CC(=O)Nc1c(Cl)cc(F)cc1Cl. The zero-order valence-electron chi connectivity index (χ0n) is 7.89. The lowest BCUT2D eigenvalue weighted by Gasteiger charge is -2.08. The highest BCUT2D eigenvalue weighted by molar-refractivity contribution is 7.80. The van der Waals surface area contributed by atoms with Gasteiger partial charge in [-0.2, -0.15) is 0 Å². The number of carbonyl (C=O) groups excluding carboxylic acids is 1. The second kappa shape index (κ2) is 5.43. The molecule has 0 aliphatic carbocycles. The molecule has 3 N–H and O–H groups in total. The maximum atomic E-state index is 12.8. The molecule has 86 valence electrons. The Balaban J connectivity index is 2.89. The topological polar surface area (TPSA) is 55.1 Å². The van der Waals surface area contributed by atoms with Crippen LogP contribution >= 0.6 is 35.4 Å². The first kappa shape index (κ1) is 13.2. The standard InChI is InChI=1S/C9H7Cl2FN2OS/c10-5-1-4(12)2-6(11)9(5)14-8(15)3-7(13)16/h1-2H,3H2,(H2,13,16)(H,14,15). The maximum Gasteiger partial charge on any atom is 0.231 e. The molecule has 0 saturated heterocycles. The van der Waals surface area contributed by atoms with E-state index in [-0.39, 0.29) is 27.1 Å². The first-order valence-electron chi connectivity index (χ1n) is 4.13. The van der Waals surface area contributed by atoms with Crippen LogP contribution in [0.5, 0.6) is 0 Å². The number of hydrogen-bond acceptors (Lipinski definition) is 2. The second-order valence-electron chi connectivity index (χ2n) is 2.94. The maximum absolute atomic E-state index is 12.8. The Labute approximate surface area is 107 Å². The van der Waals surface area contributed by atoms with Gasteiger partial charge in [0, 0.05) is 0 Å². The van der Waals surface area contributed by atoms with Crippen molar-refractivity contribution >= 4 is 52.0 Å². The normalized spacial score (nSPS) is 9.94. The Morgan fingerprint density at radius 2 is 1.94 bits per heavy atom. The van der Waals surface area contributed by atoms with Gasteiger partial charge < -0.3 is 11.1 Å². The molecule has 0 atom stereocenters. The molecular formula is C9H7Cl2FN2OS. The first-order chi connectivity index (χ1) is 7.40. The van der Waals surface area contributed by atoms with Crippen LogP contribution in [-0.2, 0) is 4.79 Å². The number of anilines is 1. The van der Waals surface area contributed by atoms with E-state index < -0.39 is 11.7 Å². The Morgan fingerprint density at radius 3 is 2.38 bits per heavy atom. The van der Waals surface area contributed by atoms with E-state index in [4.69, 9.17) is 28.9 Å². The number of thiocarbonyl (C=S) groups is 1. The summed E-state index contributed by atoms with van der Waals surface area (Å²) in [5, 5.41) is 2.43. The molecule has 0 aromatic heterocycles. The summed E-state index contributed by atoms with van der Waals surface area (Å²) in [6, 6.07) is 2.09. The van der Waals surface area contributed by atoms with Gasteiger partial charge in [-0.15, -0.1) is 0 Å². The Morgan fingerprint density at radius 1 is 1.44 bits per heavy atom. The van der Waals surface area contributed by atoms with Crippen molar-refractivity contribution in [3.8, 4) is 0 Å². The fourth-order valence-electron chi connectivity index (χ4n) is 1.00. The van der Waals surface area contributed by atoms with E-state index in [9.17, 15) is 9.18 Å². The number of nitrogens with one attached hydrogen (secondary N) is 1. The van der Waals surface area contributed by atoms with E-state index in [1.165, 1.54) is 0 Å². The van der Waals surface area contributed by atoms with Gasteiger partial charge in [-0.25, -0.2) is 4.39 Å². The van der Waals surface area contributed by atoms with Crippen molar-refractivity contribution in [2.45, 2.75) is 6.42 Å². The van der Waals surface area contributed by atoms with Crippen LogP contribution < -0.4 is 11.1 Å². The summed E-state index contributed by atoms with van der Waals surface area (Å²) in [6.45, 7) is 0. The summed E-state index contributed by atoms with van der Waals surface area (Å²) in [5.41, 5.74) is 5.34. The molecule has 0 bridgehead atoms. The molecule has 3 nitrogen and oxygen atoms in total. The number of nitrogens with two attached hydrogens (primary N) is 1. The van der Waals surface area contributed by atoms with Crippen LogP contribution in [0.3, 0.4) is 0 Å². The number of amides is 1. The lowest BCUT2D eigenvalue weighted by Crippen LogP contribution is -2.20. The fraction of sp³-hybridized carbons (Fsp3) is 0.111. The monoisotopic (exact) mass is 280 g/mol. The predicted molar refractivity (Wildman–Crippen MR) is 66.5 cm³/mol. The molecule has 0 spiro atoms. The minimum atomic E-state index is -0.581. The molecule has 1 aromatic carbocycles. The van der Waals surface area contributed by atoms with E-state index >= 15 is 0 Å². The predicted octanol–water partition coefficient (Wildman–Crippen LogP) is 2.75. The molecule has 1 rings (SSSR count). The lowest BCUT2D eigenvalue weighted by molar-refractivity contribution is -0.115. The van der Waals surface area contributed by atoms with Crippen LogP contribution in [0, 0.1) is 5.82 Å². The van der Waals surface area contributed by atoms with Crippen molar-refractivity contribution in [3.05, 3.63) is 28.0 Å². The van der Waals surface area contributed by atoms with E-state index in [0.717, 1.165) is 12.1 Å². The molecule has 1 aromatic rings. The third-order valence-corrected chi connectivity index (χ3v) is 2.35. The highest BCUT2D eigenvalue weighted by atomic mass is 35.5. The van der Waals surface area contributed by atoms with Gasteiger partial charge in [-0.3, -0.25) is 4.79 Å². The van der Waals surface area contributed by atoms with E-state index in [0.29, 0.717) is 0 Å². The zero-order valence-corrected chi connectivity index (χ0v) is 10.2. The van der Waals surface area contributed by atoms with Crippen molar-refractivity contribution in [3.63, 3.8) is 0 Å². The van der Waals surface area contributed by atoms with Crippen LogP contribution in [-0.4, -0.2) is 10.9 Å². The van der Waals surface area contributed by atoms with Crippen LogP contribution in [0.4, 0.5) is 10.1 Å². The molecule has 0 aliphatic heterocycles. The van der Waals surface area contributed by atoms with Gasteiger partial charge in [0.05, 0.1) is 27.1 Å². The van der Waals surface area contributed by atoms with Crippen molar-refractivity contribution in [2.24, 2.45) is 5.73 Å². The van der Waals surface area contributed by atoms with Crippen LogP contribution in [0.2, 0.25) is 10.0 Å². The fourth-order valence-corrected chi connectivity index (χ4v) is 1.69. The summed E-state index contributed by atoms with van der Waals surface area (Å²) in [4.78, 5) is 11.4. The molecule has 7 heteroatoms. The van der Waals surface area contributed by atoms with Gasteiger partial charge in [0.2, 0.25) is 5.91 Å². The van der Waals surface area contributed by atoms with Crippen LogP contribution in [0.1, 0.15) is 6.42 Å².